The fourth-order valence-corrected chi connectivity index (χ4v) is 3.41. The lowest BCUT2D eigenvalue weighted by atomic mass is 9.87. The molecule has 0 radical (unpaired) electrons. The van der Waals surface area contributed by atoms with E-state index in [2.05, 4.69) is 29.7 Å². The topological polar surface area (TPSA) is 41.1 Å². The van der Waals surface area contributed by atoms with Crippen molar-refractivity contribution >= 4 is 11.7 Å². The molecule has 20 heavy (non-hydrogen) atoms. The maximum absolute atomic E-state index is 12.0. The third-order valence-corrected chi connectivity index (χ3v) is 4.71. The van der Waals surface area contributed by atoms with Gasteiger partial charge in [0.05, 0.1) is 0 Å². The molecule has 3 rings (SSSR count). The molecule has 0 aliphatic heterocycles. The molecule has 0 aromatic heterocycles. The lowest BCUT2D eigenvalue weighted by Crippen LogP contribution is -2.39. The summed E-state index contributed by atoms with van der Waals surface area (Å²) in [5, 5.41) is 6.09. The van der Waals surface area contributed by atoms with Crippen molar-refractivity contribution in [3.05, 3.63) is 29.3 Å². The predicted octanol–water partition coefficient (Wildman–Crippen LogP) is 3.88. The molecule has 1 aromatic carbocycles. The number of urea groups is 1. The summed E-state index contributed by atoms with van der Waals surface area (Å²) in [6.07, 6.45) is 8.24. The molecule has 0 saturated heterocycles. The third kappa shape index (κ3) is 3.14. The van der Waals surface area contributed by atoms with Crippen LogP contribution in [0.3, 0.4) is 0 Å². The normalized spacial score (nSPS) is 25.1. The summed E-state index contributed by atoms with van der Waals surface area (Å²) in [4.78, 5) is 12.0. The molecule has 0 heterocycles. The van der Waals surface area contributed by atoms with Crippen LogP contribution >= 0.6 is 0 Å². The molecule has 3 nitrogen and oxygen atoms in total. The van der Waals surface area contributed by atoms with E-state index in [1.54, 1.807) is 0 Å². The molecule has 2 N–H and O–H groups in total. The molecule has 0 unspecified atom stereocenters. The first-order valence-electron chi connectivity index (χ1n) is 7.90. The largest absolute Gasteiger partial charge is 0.335 e. The van der Waals surface area contributed by atoms with Gasteiger partial charge >= 0.3 is 6.03 Å². The number of anilines is 1. The monoisotopic (exact) mass is 272 g/mol. The van der Waals surface area contributed by atoms with Gasteiger partial charge in [-0.25, -0.2) is 4.79 Å². The van der Waals surface area contributed by atoms with E-state index in [9.17, 15) is 4.79 Å². The minimum atomic E-state index is -0.0532. The summed E-state index contributed by atoms with van der Waals surface area (Å²) in [5.74, 6) is 0.813. The molecule has 1 aromatic rings. The van der Waals surface area contributed by atoms with Crippen LogP contribution in [0, 0.1) is 5.92 Å². The van der Waals surface area contributed by atoms with E-state index in [0.717, 1.165) is 30.9 Å². The highest BCUT2D eigenvalue weighted by Crippen LogP contribution is 2.25. The van der Waals surface area contributed by atoms with Crippen LogP contribution in [0.25, 0.3) is 0 Å². The number of benzene rings is 1. The summed E-state index contributed by atoms with van der Waals surface area (Å²) in [6.45, 7) is 2.29. The zero-order chi connectivity index (χ0) is 13.9. The summed E-state index contributed by atoms with van der Waals surface area (Å²) >= 11 is 0. The number of aryl methyl sites for hydroxylation is 2. The molecule has 2 amide bonds. The van der Waals surface area contributed by atoms with Gasteiger partial charge in [-0.1, -0.05) is 13.0 Å². The number of hydrogen-bond acceptors (Lipinski definition) is 1. The SMILES string of the molecule is CC1CCC(NC(=O)Nc2ccc3c(c2)CCC3)CC1. The van der Waals surface area contributed by atoms with Gasteiger partial charge in [-0.05, 0) is 74.1 Å². The molecule has 2 aliphatic rings. The quantitative estimate of drug-likeness (QED) is 0.843. The van der Waals surface area contributed by atoms with Crippen LogP contribution in [0.1, 0.15) is 50.2 Å². The fraction of sp³-hybridized carbons (Fsp3) is 0.588. The van der Waals surface area contributed by atoms with Gasteiger partial charge in [0.2, 0.25) is 0 Å². The number of carbonyl (C=O) groups is 1. The molecule has 1 fully saturated rings. The maximum atomic E-state index is 12.0. The number of amides is 2. The Balaban J connectivity index is 1.54. The van der Waals surface area contributed by atoms with Crippen LogP contribution in [0.5, 0.6) is 0 Å². The van der Waals surface area contributed by atoms with Crippen LogP contribution in [0.2, 0.25) is 0 Å². The summed E-state index contributed by atoms with van der Waals surface area (Å²) < 4.78 is 0. The summed E-state index contributed by atoms with van der Waals surface area (Å²) in [5.41, 5.74) is 3.76. The van der Waals surface area contributed by atoms with Gasteiger partial charge in [-0.3, -0.25) is 0 Å². The highest BCUT2D eigenvalue weighted by Gasteiger charge is 2.20. The Labute approximate surface area is 121 Å². The number of hydrogen-bond donors (Lipinski definition) is 2. The van der Waals surface area contributed by atoms with E-state index in [0.29, 0.717) is 6.04 Å². The highest BCUT2D eigenvalue weighted by molar-refractivity contribution is 5.89. The smallest absolute Gasteiger partial charge is 0.319 e. The molecule has 0 atom stereocenters. The van der Waals surface area contributed by atoms with Crippen molar-refractivity contribution in [3.8, 4) is 0 Å². The third-order valence-electron chi connectivity index (χ3n) is 4.71. The molecular formula is C17H24N2O. The van der Waals surface area contributed by atoms with Crippen LogP contribution < -0.4 is 10.6 Å². The number of rotatable bonds is 2. The van der Waals surface area contributed by atoms with Gasteiger partial charge < -0.3 is 10.6 Å². The zero-order valence-electron chi connectivity index (χ0n) is 12.2. The lowest BCUT2D eigenvalue weighted by Gasteiger charge is -2.26. The fourth-order valence-electron chi connectivity index (χ4n) is 3.41. The Bertz CT molecular complexity index is 490. The van der Waals surface area contributed by atoms with Gasteiger partial charge in [0.15, 0.2) is 0 Å². The second-order valence-corrected chi connectivity index (χ2v) is 6.39. The molecule has 1 saturated carbocycles. The van der Waals surface area contributed by atoms with Gasteiger partial charge in [-0.15, -0.1) is 0 Å². The number of nitrogens with one attached hydrogen (secondary N) is 2. The van der Waals surface area contributed by atoms with E-state index in [-0.39, 0.29) is 6.03 Å². The Morgan fingerprint density at radius 2 is 1.85 bits per heavy atom. The van der Waals surface area contributed by atoms with Crippen LogP contribution in [-0.2, 0) is 12.8 Å². The second kappa shape index (κ2) is 5.86. The number of carbonyl (C=O) groups excluding carboxylic acids is 1. The van der Waals surface area contributed by atoms with E-state index < -0.39 is 0 Å². The minimum absolute atomic E-state index is 0.0532. The molecule has 0 spiro atoms. The second-order valence-electron chi connectivity index (χ2n) is 6.39. The Hall–Kier alpha value is -1.51. The van der Waals surface area contributed by atoms with Crippen molar-refractivity contribution in [2.24, 2.45) is 5.92 Å². The van der Waals surface area contributed by atoms with E-state index >= 15 is 0 Å². The standard InChI is InChI=1S/C17H24N2O/c1-12-5-8-15(9-6-12)18-17(20)19-16-10-7-13-3-2-4-14(13)11-16/h7,10-12,15H,2-6,8-9H2,1H3,(H2,18,19,20). The first-order valence-corrected chi connectivity index (χ1v) is 7.90. The molecule has 0 bridgehead atoms. The van der Waals surface area contributed by atoms with Crippen molar-refractivity contribution in [1.82, 2.24) is 5.32 Å². The summed E-state index contributed by atoms with van der Waals surface area (Å²) in [6, 6.07) is 6.60. The average molecular weight is 272 g/mol. The van der Waals surface area contributed by atoms with Crippen molar-refractivity contribution in [3.63, 3.8) is 0 Å². The zero-order valence-corrected chi connectivity index (χ0v) is 12.2. The van der Waals surface area contributed by atoms with Gasteiger partial charge in [0.1, 0.15) is 0 Å². The molecule has 108 valence electrons. The lowest BCUT2D eigenvalue weighted by molar-refractivity contribution is 0.239. The van der Waals surface area contributed by atoms with Gasteiger partial charge in [0, 0.05) is 11.7 Å². The van der Waals surface area contributed by atoms with Crippen LogP contribution in [-0.4, -0.2) is 12.1 Å². The first-order chi connectivity index (χ1) is 9.70. The summed E-state index contributed by atoms with van der Waals surface area (Å²) in [7, 11) is 0. The Morgan fingerprint density at radius 3 is 2.65 bits per heavy atom. The van der Waals surface area contributed by atoms with E-state index in [4.69, 9.17) is 0 Å². The molecule has 2 aliphatic carbocycles. The van der Waals surface area contributed by atoms with Crippen molar-refractivity contribution in [2.45, 2.75) is 57.9 Å². The minimum Gasteiger partial charge on any atom is -0.335 e. The maximum Gasteiger partial charge on any atom is 0.319 e. The van der Waals surface area contributed by atoms with Gasteiger partial charge in [0.25, 0.3) is 0 Å². The van der Waals surface area contributed by atoms with Crippen LogP contribution in [0.4, 0.5) is 10.5 Å². The highest BCUT2D eigenvalue weighted by atomic mass is 16.2. The van der Waals surface area contributed by atoms with E-state index in [1.807, 2.05) is 6.07 Å². The molecule has 3 heteroatoms. The average Bonchev–Trinajstić information content (AvgIpc) is 2.89. The molecular weight excluding hydrogens is 248 g/mol. The van der Waals surface area contributed by atoms with E-state index in [1.165, 1.54) is 36.8 Å². The van der Waals surface area contributed by atoms with Crippen molar-refractivity contribution in [2.75, 3.05) is 5.32 Å². The van der Waals surface area contributed by atoms with Crippen molar-refractivity contribution < 1.29 is 4.79 Å². The first kappa shape index (κ1) is 13.5. The Kier molecular flexibility index (Phi) is 3.95. The predicted molar refractivity (Wildman–Crippen MR) is 82.0 cm³/mol. The van der Waals surface area contributed by atoms with Crippen molar-refractivity contribution in [1.29, 1.82) is 0 Å². The van der Waals surface area contributed by atoms with Crippen LogP contribution in [0.15, 0.2) is 18.2 Å². The number of fused-ring (bicyclic) bond motifs is 1. The Morgan fingerprint density at radius 1 is 1.10 bits per heavy atom. The van der Waals surface area contributed by atoms with Gasteiger partial charge in [-0.2, -0.15) is 0 Å².